The van der Waals surface area contributed by atoms with E-state index >= 15 is 0 Å². The van der Waals surface area contributed by atoms with Crippen LogP contribution in [0.15, 0.2) is 47.8 Å². The minimum absolute atomic E-state index is 0.0304. The molecule has 0 radical (unpaired) electrons. The maximum absolute atomic E-state index is 12.6. The third kappa shape index (κ3) is 4.55. The molecule has 3 rings (SSSR count). The largest absolute Gasteiger partial charge is 0.497 e. The average molecular weight is 381 g/mol. The molecule has 27 heavy (non-hydrogen) atoms. The van der Waals surface area contributed by atoms with Gasteiger partial charge in [0.25, 0.3) is 0 Å². The van der Waals surface area contributed by atoms with Crippen molar-refractivity contribution in [3.8, 4) is 16.3 Å². The second-order valence-corrected chi connectivity index (χ2v) is 7.11. The van der Waals surface area contributed by atoms with Crippen molar-refractivity contribution < 1.29 is 9.53 Å². The van der Waals surface area contributed by atoms with Crippen molar-refractivity contribution in [2.75, 3.05) is 12.4 Å². The molecular weight excluding hydrogens is 356 g/mol. The van der Waals surface area contributed by atoms with Gasteiger partial charge in [0.2, 0.25) is 5.91 Å². The van der Waals surface area contributed by atoms with E-state index in [2.05, 4.69) is 42.3 Å². The molecule has 0 aliphatic heterocycles. The first kappa shape index (κ1) is 19.1. The molecule has 0 unspecified atom stereocenters. The summed E-state index contributed by atoms with van der Waals surface area (Å²) in [5.74, 6) is 0.786. The first-order chi connectivity index (χ1) is 13.1. The number of amides is 1. The number of ether oxygens (including phenoxy) is 1. The lowest BCUT2D eigenvalue weighted by Crippen LogP contribution is -2.17. The number of hydrogen-bond donors (Lipinski definition) is 1. The smallest absolute Gasteiger partial charge is 0.230 e. The van der Waals surface area contributed by atoms with Crippen molar-refractivity contribution in [3.63, 3.8) is 0 Å². The van der Waals surface area contributed by atoms with Crippen molar-refractivity contribution in [2.45, 2.75) is 33.1 Å². The van der Waals surface area contributed by atoms with Gasteiger partial charge in [-0.15, -0.1) is 11.3 Å². The van der Waals surface area contributed by atoms with Gasteiger partial charge in [-0.25, -0.2) is 4.98 Å². The second-order valence-electron chi connectivity index (χ2n) is 6.26. The van der Waals surface area contributed by atoms with Gasteiger partial charge in [0.1, 0.15) is 10.8 Å². The number of nitrogens with zero attached hydrogens (tertiary/aromatic N) is 1. The molecule has 1 heterocycles. The highest BCUT2D eigenvalue weighted by Crippen LogP contribution is 2.26. The molecule has 5 heteroatoms. The summed E-state index contributed by atoms with van der Waals surface area (Å²) in [6.07, 6.45) is 2.05. The number of aryl methyl sites for hydroxylation is 2. The minimum Gasteiger partial charge on any atom is -0.497 e. The van der Waals surface area contributed by atoms with Crippen molar-refractivity contribution in [1.29, 1.82) is 0 Å². The Hall–Kier alpha value is -2.66. The molecule has 2 aromatic carbocycles. The van der Waals surface area contributed by atoms with E-state index < -0.39 is 0 Å². The molecule has 0 aliphatic carbocycles. The summed E-state index contributed by atoms with van der Waals surface area (Å²) in [6.45, 7) is 4.21. The third-order valence-electron chi connectivity index (χ3n) is 4.49. The Morgan fingerprint density at radius 3 is 2.33 bits per heavy atom. The van der Waals surface area contributed by atoms with E-state index in [1.54, 1.807) is 18.4 Å². The van der Waals surface area contributed by atoms with Gasteiger partial charge in [-0.1, -0.05) is 32.0 Å². The molecule has 4 nitrogen and oxygen atoms in total. The predicted molar refractivity (Wildman–Crippen MR) is 112 cm³/mol. The van der Waals surface area contributed by atoms with Crippen LogP contribution in [0.5, 0.6) is 5.75 Å². The van der Waals surface area contributed by atoms with Crippen molar-refractivity contribution in [2.24, 2.45) is 0 Å². The molecule has 0 saturated carbocycles. The van der Waals surface area contributed by atoms with Crippen LogP contribution in [0.25, 0.3) is 10.6 Å². The van der Waals surface area contributed by atoms with Crippen LogP contribution in [-0.4, -0.2) is 18.0 Å². The Kier molecular flexibility index (Phi) is 6.24. The number of thiazole rings is 1. The number of aromatic nitrogens is 1. The summed E-state index contributed by atoms with van der Waals surface area (Å²) in [4.78, 5) is 17.2. The Morgan fingerprint density at radius 1 is 1.07 bits per heavy atom. The van der Waals surface area contributed by atoms with Crippen molar-refractivity contribution in [3.05, 3.63) is 64.7 Å². The zero-order valence-corrected chi connectivity index (χ0v) is 16.7. The van der Waals surface area contributed by atoms with E-state index in [9.17, 15) is 4.79 Å². The molecule has 0 atom stereocenters. The molecule has 0 saturated heterocycles. The number of benzene rings is 2. The molecule has 0 spiro atoms. The van der Waals surface area contributed by atoms with Gasteiger partial charge in [-0.3, -0.25) is 4.79 Å². The van der Waals surface area contributed by atoms with Gasteiger partial charge >= 0.3 is 0 Å². The summed E-state index contributed by atoms with van der Waals surface area (Å²) in [5.41, 5.74) is 5.10. The maximum Gasteiger partial charge on any atom is 0.230 e. The molecule has 140 valence electrons. The lowest BCUT2D eigenvalue weighted by molar-refractivity contribution is -0.115. The zero-order valence-electron chi connectivity index (χ0n) is 15.9. The number of nitrogens with one attached hydrogen (secondary N) is 1. The van der Waals surface area contributed by atoms with Crippen LogP contribution in [0.3, 0.4) is 0 Å². The average Bonchev–Trinajstić information content (AvgIpc) is 3.16. The number of hydrogen-bond acceptors (Lipinski definition) is 4. The van der Waals surface area contributed by atoms with E-state index in [0.717, 1.165) is 40.5 Å². The number of para-hydroxylation sites is 1. The first-order valence-electron chi connectivity index (χ1n) is 9.14. The van der Waals surface area contributed by atoms with Crippen LogP contribution < -0.4 is 10.1 Å². The Bertz CT molecular complexity index is 894. The lowest BCUT2D eigenvalue weighted by atomic mass is 10.0. The Morgan fingerprint density at radius 2 is 1.74 bits per heavy atom. The Balaban J connectivity index is 1.71. The van der Waals surface area contributed by atoms with E-state index in [1.165, 1.54) is 11.1 Å². The fourth-order valence-electron chi connectivity index (χ4n) is 3.01. The monoisotopic (exact) mass is 380 g/mol. The molecule has 0 fully saturated rings. The maximum atomic E-state index is 12.6. The molecule has 0 bridgehead atoms. The van der Waals surface area contributed by atoms with Gasteiger partial charge in [0.05, 0.1) is 19.2 Å². The fraction of sp³-hybridized carbons (Fsp3) is 0.273. The number of methoxy groups -OCH3 is 1. The van der Waals surface area contributed by atoms with Crippen LogP contribution in [-0.2, 0) is 24.1 Å². The van der Waals surface area contributed by atoms with Gasteiger partial charge in [-0.2, -0.15) is 0 Å². The van der Waals surface area contributed by atoms with E-state index in [1.807, 2.05) is 29.6 Å². The van der Waals surface area contributed by atoms with Gasteiger partial charge < -0.3 is 10.1 Å². The zero-order chi connectivity index (χ0) is 19.2. The predicted octanol–water partition coefficient (Wildman–Crippen LogP) is 5.12. The topological polar surface area (TPSA) is 51.2 Å². The molecule has 0 aliphatic rings. The van der Waals surface area contributed by atoms with Crippen LogP contribution in [0.1, 0.15) is 30.7 Å². The highest BCUT2D eigenvalue weighted by atomic mass is 32.1. The normalized spacial score (nSPS) is 10.6. The van der Waals surface area contributed by atoms with Crippen LogP contribution >= 0.6 is 11.3 Å². The lowest BCUT2D eigenvalue weighted by Gasteiger charge is -2.14. The van der Waals surface area contributed by atoms with E-state index in [0.29, 0.717) is 0 Å². The summed E-state index contributed by atoms with van der Waals surface area (Å²) in [6, 6.07) is 14.0. The highest BCUT2D eigenvalue weighted by molar-refractivity contribution is 7.13. The van der Waals surface area contributed by atoms with E-state index in [4.69, 9.17) is 4.74 Å². The van der Waals surface area contributed by atoms with Gasteiger partial charge in [-0.05, 0) is 48.2 Å². The number of anilines is 1. The van der Waals surface area contributed by atoms with Gasteiger partial charge in [0.15, 0.2) is 0 Å². The summed E-state index contributed by atoms with van der Waals surface area (Å²) in [5, 5.41) is 5.96. The number of rotatable bonds is 7. The van der Waals surface area contributed by atoms with Crippen LogP contribution in [0.4, 0.5) is 5.69 Å². The van der Waals surface area contributed by atoms with Crippen LogP contribution in [0.2, 0.25) is 0 Å². The molecular formula is C22H24N2O2S. The van der Waals surface area contributed by atoms with Crippen molar-refractivity contribution >= 4 is 22.9 Å². The molecule has 1 N–H and O–H groups in total. The quantitative estimate of drug-likeness (QED) is 0.618. The summed E-state index contributed by atoms with van der Waals surface area (Å²) >= 11 is 1.55. The van der Waals surface area contributed by atoms with Crippen LogP contribution in [0, 0.1) is 0 Å². The molecule has 3 aromatic rings. The number of carbonyl (C=O) groups excluding carboxylic acids is 1. The summed E-state index contributed by atoms with van der Waals surface area (Å²) < 4.78 is 5.19. The second kappa shape index (κ2) is 8.82. The SMILES string of the molecule is CCc1cccc(CC)c1NC(=O)Cc1csc(-c2ccc(OC)cc2)n1. The van der Waals surface area contributed by atoms with Gasteiger partial charge in [0, 0.05) is 16.6 Å². The minimum atomic E-state index is -0.0304. The fourth-order valence-corrected chi connectivity index (χ4v) is 3.83. The van der Waals surface area contributed by atoms with E-state index in [-0.39, 0.29) is 12.3 Å². The third-order valence-corrected chi connectivity index (χ3v) is 5.43. The summed E-state index contributed by atoms with van der Waals surface area (Å²) in [7, 11) is 1.65. The first-order valence-corrected chi connectivity index (χ1v) is 10.0. The molecule has 1 amide bonds. The Labute approximate surface area is 164 Å². The standard InChI is InChI=1S/C22H24N2O2S/c1-4-15-7-6-8-16(5-2)21(15)24-20(25)13-18-14-27-22(23-18)17-9-11-19(26-3)12-10-17/h6-12,14H,4-5,13H2,1-3H3,(H,24,25). The number of carbonyl (C=O) groups is 1. The molecule has 1 aromatic heterocycles. The highest BCUT2D eigenvalue weighted by Gasteiger charge is 2.13. The van der Waals surface area contributed by atoms with Crippen molar-refractivity contribution in [1.82, 2.24) is 4.98 Å².